The molecule has 0 saturated heterocycles. The molecule has 0 amide bonds. The van der Waals surface area contributed by atoms with Crippen LogP contribution >= 0.6 is 11.6 Å². The first-order valence-electron chi connectivity index (χ1n) is 5.29. The molecule has 1 heterocycles. The topological polar surface area (TPSA) is 76.2 Å². The second-order valence-corrected chi connectivity index (χ2v) is 4.45. The molecule has 0 radical (unpaired) electrons. The Bertz CT molecular complexity index is 428. The third-order valence-corrected chi connectivity index (χ3v) is 3.33. The van der Waals surface area contributed by atoms with Gasteiger partial charge in [-0.3, -0.25) is 0 Å². The van der Waals surface area contributed by atoms with Crippen LogP contribution in [-0.2, 0) is 0 Å². The first-order chi connectivity index (χ1) is 7.59. The molecule has 0 bridgehead atoms. The van der Waals surface area contributed by atoms with E-state index in [2.05, 4.69) is 4.98 Å². The smallest absolute Gasteiger partial charge is 0.354 e. The van der Waals surface area contributed by atoms with E-state index in [-0.39, 0.29) is 16.8 Å². The lowest BCUT2D eigenvalue weighted by molar-refractivity contribution is 0.0688. The van der Waals surface area contributed by atoms with Crippen LogP contribution in [0.1, 0.15) is 47.7 Å². The van der Waals surface area contributed by atoms with Crippen LogP contribution in [-0.4, -0.2) is 16.1 Å². The highest BCUT2D eigenvalue weighted by atomic mass is 35.5. The van der Waals surface area contributed by atoms with Gasteiger partial charge in [-0.05, 0) is 30.4 Å². The Morgan fingerprint density at radius 3 is 2.69 bits per heavy atom. The molecule has 86 valence electrons. The number of hydrogen-bond donors (Lipinski definition) is 2. The molecule has 0 aromatic carbocycles. The number of aromatic nitrogens is 1. The van der Waals surface area contributed by atoms with Gasteiger partial charge in [-0.25, -0.2) is 9.78 Å². The van der Waals surface area contributed by atoms with E-state index in [0.29, 0.717) is 5.69 Å². The molecule has 2 rings (SSSR count). The number of hydrogen-bond acceptors (Lipinski definition) is 3. The zero-order valence-corrected chi connectivity index (χ0v) is 9.50. The number of nitrogens with two attached hydrogens (primary N) is 1. The average molecular weight is 241 g/mol. The van der Waals surface area contributed by atoms with E-state index < -0.39 is 5.97 Å². The van der Waals surface area contributed by atoms with Gasteiger partial charge >= 0.3 is 5.97 Å². The molecule has 5 heteroatoms. The second kappa shape index (κ2) is 4.29. The molecule has 1 aromatic heterocycles. The van der Waals surface area contributed by atoms with Crippen LogP contribution in [0.15, 0.2) is 6.07 Å². The number of halogens is 1. The van der Waals surface area contributed by atoms with Gasteiger partial charge in [0.2, 0.25) is 0 Å². The molecular weight excluding hydrogens is 228 g/mol. The largest absolute Gasteiger partial charge is 0.477 e. The summed E-state index contributed by atoms with van der Waals surface area (Å²) in [5.41, 5.74) is 6.80. The maximum atomic E-state index is 11.1. The minimum atomic E-state index is -1.04. The summed E-state index contributed by atoms with van der Waals surface area (Å²) in [6, 6.07) is 1.66. The van der Waals surface area contributed by atoms with E-state index in [1.807, 2.05) is 0 Å². The standard InChI is InChI=1S/C11H13ClN2O2/c12-10-8(13)5-7(6-3-1-2-4-6)9(14-10)11(15)16/h5-6H,1-4,13H2,(H,15,16). The molecule has 1 saturated carbocycles. The zero-order chi connectivity index (χ0) is 11.7. The second-order valence-electron chi connectivity index (χ2n) is 4.09. The molecule has 4 nitrogen and oxygen atoms in total. The fourth-order valence-electron chi connectivity index (χ4n) is 2.24. The van der Waals surface area contributed by atoms with Gasteiger partial charge in [-0.1, -0.05) is 24.4 Å². The Hall–Kier alpha value is -1.29. The lowest BCUT2D eigenvalue weighted by Gasteiger charge is -2.13. The van der Waals surface area contributed by atoms with Crippen molar-refractivity contribution in [3.05, 3.63) is 22.5 Å². The summed E-state index contributed by atoms with van der Waals surface area (Å²) in [4.78, 5) is 14.9. The molecule has 16 heavy (non-hydrogen) atoms. The first-order valence-corrected chi connectivity index (χ1v) is 5.66. The molecule has 0 atom stereocenters. The Kier molecular flexibility index (Phi) is 3.01. The van der Waals surface area contributed by atoms with Crippen molar-refractivity contribution >= 4 is 23.3 Å². The van der Waals surface area contributed by atoms with E-state index in [0.717, 1.165) is 31.2 Å². The van der Waals surface area contributed by atoms with Gasteiger partial charge in [-0.15, -0.1) is 0 Å². The Morgan fingerprint density at radius 2 is 2.12 bits per heavy atom. The van der Waals surface area contributed by atoms with Gasteiger partial charge in [0.15, 0.2) is 10.8 Å². The minimum Gasteiger partial charge on any atom is -0.477 e. The average Bonchev–Trinajstić information content (AvgIpc) is 2.74. The zero-order valence-electron chi connectivity index (χ0n) is 8.74. The molecule has 0 unspecified atom stereocenters. The monoisotopic (exact) mass is 240 g/mol. The number of rotatable bonds is 2. The maximum Gasteiger partial charge on any atom is 0.354 e. The van der Waals surface area contributed by atoms with Gasteiger partial charge in [0, 0.05) is 0 Å². The van der Waals surface area contributed by atoms with Crippen LogP contribution in [0.3, 0.4) is 0 Å². The molecule has 1 aromatic rings. The minimum absolute atomic E-state index is 0.0473. The lowest BCUT2D eigenvalue weighted by atomic mass is 9.95. The third-order valence-electron chi connectivity index (χ3n) is 3.03. The quantitative estimate of drug-likeness (QED) is 0.780. The van der Waals surface area contributed by atoms with Crippen molar-refractivity contribution in [3.63, 3.8) is 0 Å². The number of nitrogens with zero attached hydrogens (tertiary/aromatic N) is 1. The highest BCUT2D eigenvalue weighted by molar-refractivity contribution is 6.32. The van der Waals surface area contributed by atoms with Gasteiger partial charge in [0.05, 0.1) is 5.69 Å². The summed E-state index contributed by atoms with van der Waals surface area (Å²) in [5, 5.41) is 9.15. The lowest BCUT2D eigenvalue weighted by Crippen LogP contribution is -2.10. The summed E-state index contributed by atoms with van der Waals surface area (Å²) >= 11 is 5.74. The number of anilines is 1. The summed E-state index contributed by atoms with van der Waals surface area (Å²) in [5.74, 6) is -0.776. The summed E-state index contributed by atoms with van der Waals surface area (Å²) in [7, 11) is 0. The number of pyridine rings is 1. The predicted octanol–water partition coefficient (Wildman–Crippen LogP) is 2.67. The Balaban J connectivity index is 2.48. The number of carboxylic acids is 1. The van der Waals surface area contributed by atoms with E-state index in [4.69, 9.17) is 22.4 Å². The number of nitrogen functional groups attached to an aromatic ring is 1. The van der Waals surface area contributed by atoms with Crippen molar-refractivity contribution in [2.75, 3.05) is 5.73 Å². The van der Waals surface area contributed by atoms with Gasteiger partial charge < -0.3 is 10.8 Å². The van der Waals surface area contributed by atoms with Crippen molar-refractivity contribution in [2.24, 2.45) is 0 Å². The van der Waals surface area contributed by atoms with Crippen LogP contribution in [0.5, 0.6) is 0 Å². The van der Waals surface area contributed by atoms with E-state index in [1.165, 1.54) is 0 Å². The molecular formula is C11H13ClN2O2. The number of carboxylic acid groups (broad SMARTS) is 1. The van der Waals surface area contributed by atoms with Crippen molar-refractivity contribution in [1.29, 1.82) is 0 Å². The Labute approximate surface area is 98.4 Å². The fraction of sp³-hybridized carbons (Fsp3) is 0.455. The van der Waals surface area contributed by atoms with Gasteiger partial charge in [0.1, 0.15) is 0 Å². The van der Waals surface area contributed by atoms with Crippen LogP contribution in [0, 0.1) is 0 Å². The van der Waals surface area contributed by atoms with Gasteiger partial charge in [-0.2, -0.15) is 0 Å². The summed E-state index contributed by atoms with van der Waals surface area (Å²) in [6.07, 6.45) is 4.27. The summed E-state index contributed by atoms with van der Waals surface area (Å²) in [6.45, 7) is 0. The van der Waals surface area contributed by atoms with Gasteiger partial charge in [0.25, 0.3) is 0 Å². The van der Waals surface area contributed by atoms with E-state index >= 15 is 0 Å². The third kappa shape index (κ3) is 1.97. The fourth-order valence-corrected chi connectivity index (χ4v) is 2.38. The molecule has 3 N–H and O–H groups in total. The normalized spacial score (nSPS) is 16.6. The molecule has 1 fully saturated rings. The van der Waals surface area contributed by atoms with Crippen molar-refractivity contribution in [2.45, 2.75) is 31.6 Å². The van der Waals surface area contributed by atoms with Crippen LogP contribution in [0.25, 0.3) is 0 Å². The van der Waals surface area contributed by atoms with Crippen LogP contribution < -0.4 is 5.73 Å². The van der Waals surface area contributed by atoms with E-state index in [9.17, 15) is 4.79 Å². The predicted molar refractivity (Wildman–Crippen MR) is 61.8 cm³/mol. The highest BCUT2D eigenvalue weighted by Crippen LogP contribution is 2.37. The first kappa shape index (κ1) is 11.2. The number of aromatic carboxylic acids is 1. The van der Waals surface area contributed by atoms with Crippen LogP contribution in [0.4, 0.5) is 5.69 Å². The molecule has 0 spiro atoms. The SMILES string of the molecule is Nc1cc(C2CCCC2)c(C(=O)O)nc1Cl. The number of carbonyl (C=O) groups is 1. The van der Waals surface area contributed by atoms with Crippen molar-refractivity contribution < 1.29 is 9.90 Å². The summed E-state index contributed by atoms with van der Waals surface area (Å²) < 4.78 is 0. The molecule has 0 aliphatic heterocycles. The maximum absolute atomic E-state index is 11.1. The van der Waals surface area contributed by atoms with Crippen LogP contribution in [0.2, 0.25) is 5.15 Å². The Morgan fingerprint density at radius 1 is 1.50 bits per heavy atom. The molecule has 1 aliphatic rings. The molecule has 1 aliphatic carbocycles. The van der Waals surface area contributed by atoms with Crippen molar-refractivity contribution in [3.8, 4) is 0 Å². The highest BCUT2D eigenvalue weighted by Gasteiger charge is 2.24. The van der Waals surface area contributed by atoms with E-state index in [1.54, 1.807) is 6.07 Å². The van der Waals surface area contributed by atoms with Crippen molar-refractivity contribution in [1.82, 2.24) is 4.98 Å².